The summed E-state index contributed by atoms with van der Waals surface area (Å²) in [6.07, 6.45) is 12.3. The van der Waals surface area contributed by atoms with Gasteiger partial charge in [0, 0.05) is 34.9 Å². The predicted octanol–water partition coefficient (Wildman–Crippen LogP) is 2.83. The average molecular weight is 381 g/mol. The van der Waals surface area contributed by atoms with Gasteiger partial charge in [0.2, 0.25) is 0 Å². The third kappa shape index (κ3) is 13.9. The quantitative estimate of drug-likeness (QED) is 0.304. The number of hydrogen-bond acceptors (Lipinski definition) is 4. The van der Waals surface area contributed by atoms with Crippen molar-refractivity contribution in [2.24, 2.45) is 11.8 Å². The molecule has 24 heavy (non-hydrogen) atoms. The minimum absolute atomic E-state index is 0. The normalized spacial score (nSPS) is 12.0. The summed E-state index contributed by atoms with van der Waals surface area (Å²) in [6.45, 7) is 4.32. The molecule has 0 aromatic heterocycles. The third-order valence-electron chi connectivity index (χ3n) is 4.62. The first kappa shape index (κ1) is 25.7. The summed E-state index contributed by atoms with van der Waals surface area (Å²) in [5.74, 6) is -3.53. The fourth-order valence-electron chi connectivity index (χ4n) is 3.19. The van der Waals surface area contributed by atoms with Crippen molar-refractivity contribution in [2.45, 2.75) is 97.3 Å². The van der Waals surface area contributed by atoms with Crippen molar-refractivity contribution in [1.82, 2.24) is 0 Å². The maximum Gasteiger partial charge on any atom is 0.0451 e. The van der Waals surface area contributed by atoms with Crippen LogP contribution in [-0.4, -0.2) is 11.9 Å². The second-order valence-corrected chi connectivity index (χ2v) is 6.67. The molecule has 0 aliphatic heterocycles. The Bertz CT molecular complexity index is 306. The maximum absolute atomic E-state index is 11.3. The summed E-state index contributed by atoms with van der Waals surface area (Å²) in [6, 6.07) is 0. The van der Waals surface area contributed by atoms with E-state index < -0.39 is 24.3 Å². The average Bonchev–Trinajstić information content (AvgIpc) is 2.50. The molecule has 5 heteroatoms. The molecule has 1 unspecified atom stereocenters. The molecule has 0 spiro atoms. The van der Waals surface area contributed by atoms with Crippen LogP contribution in [0, 0.1) is 11.8 Å². The van der Waals surface area contributed by atoms with E-state index in [0.29, 0.717) is 0 Å². The molecule has 0 saturated carbocycles. The first-order chi connectivity index (χ1) is 11.0. The molecule has 0 aliphatic carbocycles. The van der Waals surface area contributed by atoms with E-state index in [2.05, 4.69) is 13.8 Å². The van der Waals surface area contributed by atoms with E-state index in [0.717, 1.165) is 51.4 Å². The van der Waals surface area contributed by atoms with Crippen LogP contribution in [-0.2, 0) is 26.7 Å². The van der Waals surface area contributed by atoms with Gasteiger partial charge in [-0.2, -0.15) is 0 Å². The van der Waals surface area contributed by atoms with Gasteiger partial charge in [0.15, 0.2) is 0 Å². The summed E-state index contributed by atoms with van der Waals surface area (Å²) >= 11 is 0. The van der Waals surface area contributed by atoms with Crippen molar-refractivity contribution in [1.29, 1.82) is 0 Å². The molecule has 0 bridgehead atoms. The Morgan fingerprint density at radius 3 is 1.50 bits per heavy atom. The van der Waals surface area contributed by atoms with E-state index in [1.54, 1.807) is 0 Å². The van der Waals surface area contributed by atoms with Gasteiger partial charge in [-0.05, 0) is 25.2 Å². The number of carbonyl (C=O) groups is 2. The van der Waals surface area contributed by atoms with Gasteiger partial charge in [-0.15, -0.1) is 0 Å². The molecule has 1 atom stereocenters. The van der Waals surface area contributed by atoms with E-state index in [-0.39, 0.29) is 23.0 Å². The van der Waals surface area contributed by atoms with Crippen molar-refractivity contribution >= 4 is 11.9 Å². The Labute approximate surface area is 158 Å². The van der Waals surface area contributed by atoms with E-state index >= 15 is 0 Å². The van der Waals surface area contributed by atoms with Crippen LogP contribution >= 0.6 is 0 Å². The van der Waals surface area contributed by atoms with Gasteiger partial charge in [0.05, 0.1) is 0 Å². The molecular weight excluding hydrogens is 347 g/mol. The fourth-order valence-corrected chi connectivity index (χ4v) is 3.19. The summed E-state index contributed by atoms with van der Waals surface area (Å²) in [5.41, 5.74) is 0. The van der Waals surface area contributed by atoms with Crippen LogP contribution < -0.4 is 10.2 Å². The molecule has 0 aromatic carbocycles. The Kier molecular flexibility index (Phi) is 18.5. The summed E-state index contributed by atoms with van der Waals surface area (Å²) < 4.78 is 0. The molecule has 0 saturated heterocycles. The Morgan fingerprint density at radius 1 is 0.750 bits per heavy atom. The number of aliphatic carboxylic acids is 2. The van der Waals surface area contributed by atoms with Gasteiger partial charge >= 0.3 is 0 Å². The van der Waals surface area contributed by atoms with Crippen LogP contribution in [0.4, 0.5) is 0 Å². The van der Waals surface area contributed by atoms with Crippen LogP contribution in [0.1, 0.15) is 97.3 Å². The number of carboxylic acid groups (broad SMARTS) is 2. The van der Waals surface area contributed by atoms with Crippen molar-refractivity contribution < 1.29 is 36.9 Å². The summed E-state index contributed by atoms with van der Waals surface area (Å²) in [7, 11) is 0. The molecule has 0 N–H and O–H groups in total. The monoisotopic (exact) mass is 381 g/mol. The number of hydrogen-bond donors (Lipinski definition) is 0. The summed E-state index contributed by atoms with van der Waals surface area (Å²) in [5, 5.41) is 22.2. The van der Waals surface area contributed by atoms with Crippen LogP contribution in [0.2, 0.25) is 0 Å². The van der Waals surface area contributed by atoms with Crippen molar-refractivity contribution in [2.75, 3.05) is 0 Å². The number of unbranched alkanes of at least 4 members (excludes halogenated alkanes) is 8. The van der Waals surface area contributed by atoms with Crippen LogP contribution in [0.25, 0.3) is 0 Å². The zero-order chi connectivity index (χ0) is 17.5. The molecule has 1 radical (unpaired) electrons. The Balaban J connectivity index is 0. The number of carbonyl (C=O) groups excluding carboxylic acids is 2. The topological polar surface area (TPSA) is 80.3 Å². The van der Waals surface area contributed by atoms with Crippen LogP contribution in [0.5, 0.6) is 0 Å². The fraction of sp³-hybridized carbons (Fsp3) is 0.895. The summed E-state index contributed by atoms with van der Waals surface area (Å²) in [4.78, 5) is 22.2. The molecule has 0 rings (SSSR count). The van der Waals surface area contributed by atoms with Crippen molar-refractivity contribution in [3.05, 3.63) is 0 Å². The predicted molar refractivity (Wildman–Crippen MR) is 88.4 cm³/mol. The van der Waals surface area contributed by atoms with E-state index in [1.165, 1.54) is 25.7 Å². The number of rotatable bonds is 16. The molecular formula is C19H34MnO4-2. The largest absolute Gasteiger partial charge is 0.550 e. The maximum atomic E-state index is 11.3. The molecule has 0 heterocycles. The molecule has 0 aliphatic rings. The van der Waals surface area contributed by atoms with E-state index in [1.807, 2.05) is 0 Å². The third-order valence-corrected chi connectivity index (χ3v) is 4.62. The SMILES string of the molecule is CCCCCCCC(CCCCCCC)C(CC(=O)[O-])C(=O)[O-].[Mn]. The van der Waals surface area contributed by atoms with Crippen molar-refractivity contribution in [3.8, 4) is 0 Å². The van der Waals surface area contributed by atoms with Gasteiger partial charge in [-0.3, -0.25) is 0 Å². The van der Waals surface area contributed by atoms with Gasteiger partial charge in [0.25, 0.3) is 0 Å². The second kappa shape index (κ2) is 17.3. The first-order valence-corrected chi connectivity index (χ1v) is 9.43. The molecule has 4 nitrogen and oxygen atoms in total. The molecule has 0 amide bonds. The smallest absolute Gasteiger partial charge is 0.0451 e. The molecule has 143 valence electrons. The van der Waals surface area contributed by atoms with Crippen LogP contribution in [0.3, 0.4) is 0 Å². The minimum atomic E-state index is -1.29. The van der Waals surface area contributed by atoms with E-state index in [4.69, 9.17) is 0 Å². The number of carboxylic acids is 2. The van der Waals surface area contributed by atoms with Gasteiger partial charge in [-0.1, -0.05) is 78.1 Å². The van der Waals surface area contributed by atoms with Gasteiger partial charge < -0.3 is 19.8 Å². The standard InChI is InChI=1S/C19H36O4.Mn/c1-3-5-7-9-11-13-16(14-12-10-8-6-4-2)17(19(22)23)15-18(20)21;/h16-17H,3-15H2,1-2H3,(H,20,21)(H,22,23);/p-2. The molecule has 0 fully saturated rings. The minimum Gasteiger partial charge on any atom is -0.550 e. The second-order valence-electron chi connectivity index (χ2n) is 6.67. The molecule has 0 aromatic rings. The Hall–Kier alpha value is -0.541. The Morgan fingerprint density at radius 2 is 1.17 bits per heavy atom. The van der Waals surface area contributed by atoms with Gasteiger partial charge in [0.1, 0.15) is 0 Å². The van der Waals surface area contributed by atoms with E-state index in [9.17, 15) is 19.8 Å². The zero-order valence-corrected chi connectivity index (χ0v) is 16.5. The first-order valence-electron chi connectivity index (χ1n) is 9.43. The van der Waals surface area contributed by atoms with Crippen molar-refractivity contribution in [3.63, 3.8) is 0 Å². The van der Waals surface area contributed by atoms with Gasteiger partial charge in [-0.25, -0.2) is 0 Å². The zero-order valence-electron chi connectivity index (χ0n) is 15.4. The van der Waals surface area contributed by atoms with Crippen LogP contribution in [0.15, 0.2) is 0 Å².